The summed E-state index contributed by atoms with van der Waals surface area (Å²) in [5, 5.41) is 3.33. The second kappa shape index (κ2) is 10.8. The molecule has 2 aliphatic rings. The molecule has 0 radical (unpaired) electrons. The van der Waals surface area contributed by atoms with Crippen LogP contribution in [0.25, 0.3) is 0 Å². The molecule has 2 aliphatic heterocycles. The zero-order chi connectivity index (χ0) is 25.1. The molecule has 34 heavy (non-hydrogen) atoms. The molecule has 0 aliphatic carbocycles. The molecule has 2 atom stereocenters. The molecule has 9 nitrogen and oxygen atoms in total. The summed E-state index contributed by atoms with van der Waals surface area (Å²) in [7, 11) is -3.81. The zero-order valence-electron chi connectivity index (χ0n) is 20.0. The lowest BCUT2D eigenvalue weighted by atomic mass is 9.96. The average Bonchev–Trinajstić information content (AvgIpc) is 2.78. The number of nitrogens with one attached hydrogen (secondary N) is 1. The summed E-state index contributed by atoms with van der Waals surface area (Å²) in [6.07, 6.45) is 2.26. The van der Waals surface area contributed by atoms with Gasteiger partial charge in [-0.25, -0.2) is 13.2 Å². The van der Waals surface area contributed by atoms with E-state index in [1.54, 1.807) is 17.0 Å². The molecular weight excluding hydrogens is 480 g/mol. The Hall–Kier alpha value is -1.88. The number of benzene rings is 1. The van der Waals surface area contributed by atoms with Gasteiger partial charge in [0.25, 0.3) is 0 Å². The molecule has 0 saturated carbocycles. The van der Waals surface area contributed by atoms with E-state index in [9.17, 15) is 18.0 Å². The van der Waals surface area contributed by atoms with Crippen LogP contribution in [0.15, 0.2) is 23.1 Å². The first-order chi connectivity index (χ1) is 15.9. The molecule has 1 aromatic carbocycles. The Balaban J connectivity index is 1.64. The average molecular weight is 515 g/mol. The molecule has 3 N–H and O–H groups in total. The molecule has 0 unspecified atom stereocenters. The van der Waals surface area contributed by atoms with Crippen LogP contribution in [0.2, 0.25) is 5.02 Å². The molecule has 0 aromatic heterocycles. The summed E-state index contributed by atoms with van der Waals surface area (Å²) in [4.78, 5) is 27.1. The highest BCUT2D eigenvalue weighted by molar-refractivity contribution is 7.89. The molecule has 3 rings (SSSR count). The van der Waals surface area contributed by atoms with Gasteiger partial charge in [0.05, 0.1) is 10.8 Å². The normalized spacial score (nSPS) is 22.3. The van der Waals surface area contributed by atoms with Crippen molar-refractivity contribution in [1.82, 2.24) is 14.5 Å². The monoisotopic (exact) mass is 514 g/mol. The van der Waals surface area contributed by atoms with Crippen molar-refractivity contribution in [3.05, 3.63) is 28.8 Å². The quantitative estimate of drug-likeness (QED) is 0.623. The van der Waals surface area contributed by atoms with Gasteiger partial charge in [0.1, 0.15) is 5.60 Å². The Morgan fingerprint density at radius 3 is 2.56 bits per heavy atom. The number of nitrogens with zero attached hydrogens (tertiary/aromatic N) is 2. The summed E-state index contributed by atoms with van der Waals surface area (Å²) in [5.74, 6) is -0.520. The topological polar surface area (TPSA) is 122 Å². The molecule has 11 heteroatoms. The van der Waals surface area contributed by atoms with Crippen molar-refractivity contribution in [3.8, 4) is 0 Å². The molecule has 190 valence electrons. The summed E-state index contributed by atoms with van der Waals surface area (Å²) in [6.45, 7) is 6.81. The van der Waals surface area contributed by atoms with E-state index in [0.29, 0.717) is 49.4 Å². The minimum Gasteiger partial charge on any atom is -0.444 e. The van der Waals surface area contributed by atoms with Crippen molar-refractivity contribution in [1.29, 1.82) is 0 Å². The molecule has 0 bridgehead atoms. The predicted molar refractivity (Wildman–Crippen MR) is 130 cm³/mol. The van der Waals surface area contributed by atoms with Gasteiger partial charge in [0, 0.05) is 49.4 Å². The van der Waals surface area contributed by atoms with E-state index in [-0.39, 0.29) is 42.4 Å². The van der Waals surface area contributed by atoms with Gasteiger partial charge in [-0.2, -0.15) is 4.31 Å². The number of amides is 2. The van der Waals surface area contributed by atoms with Crippen LogP contribution in [-0.2, 0) is 26.1 Å². The van der Waals surface area contributed by atoms with E-state index >= 15 is 0 Å². The summed E-state index contributed by atoms with van der Waals surface area (Å²) in [6, 6.07) is 4.41. The van der Waals surface area contributed by atoms with Gasteiger partial charge in [0.15, 0.2) is 0 Å². The lowest BCUT2D eigenvalue weighted by molar-refractivity contribution is -0.127. The Labute approximate surface area is 207 Å². The van der Waals surface area contributed by atoms with Gasteiger partial charge in [-0.1, -0.05) is 17.7 Å². The van der Waals surface area contributed by atoms with E-state index in [4.69, 9.17) is 22.1 Å². The molecule has 0 spiro atoms. The van der Waals surface area contributed by atoms with Crippen LogP contribution in [0.1, 0.15) is 52.0 Å². The highest BCUT2D eigenvalue weighted by Crippen LogP contribution is 2.28. The maximum atomic E-state index is 13.3. The van der Waals surface area contributed by atoms with Crippen molar-refractivity contribution in [2.45, 2.75) is 69.5 Å². The number of piperidine rings is 2. The summed E-state index contributed by atoms with van der Waals surface area (Å²) in [5.41, 5.74) is 5.55. The standard InChI is InChI=1S/C23H35ClN4O5S/c1-23(2,3)33-22(30)27-11-5-7-16(14-27)21(29)26-17-8-6-12-28(15-17)34(31,32)20-10-4-9-19(24)18(20)13-25/h4,9-10,16-17H,5-8,11-15,25H2,1-3H3,(H,26,29)/t16-,17-/m0/s1. The molecular formula is C23H35ClN4O5S. The first-order valence-electron chi connectivity index (χ1n) is 11.7. The van der Waals surface area contributed by atoms with Gasteiger partial charge < -0.3 is 20.7 Å². The number of hydrogen-bond acceptors (Lipinski definition) is 6. The minimum absolute atomic E-state index is 0.0120. The Bertz CT molecular complexity index is 1010. The minimum atomic E-state index is -3.81. The van der Waals surface area contributed by atoms with E-state index < -0.39 is 21.7 Å². The van der Waals surface area contributed by atoms with E-state index in [1.165, 1.54) is 10.4 Å². The number of likely N-dealkylation sites (tertiary alicyclic amines) is 1. The van der Waals surface area contributed by atoms with Crippen molar-refractivity contribution in [2.75, 3.05) is 26.2 Å². The summed E-state index contributed by atoms with van der Waals surface area (Å²) >= 11 is 6.17. The molecule has 2 heterocycles. The van der Waals surface area contributed by atoms with Crippen LogP contribution in [0.3, 0.4) is 0 Å². The maximum absolute atomic E-state index is 13.3. The number of hydrogen-bond donors (Lipinski definition) is 2. The largest absolute Gasteiger partial charge is 0.444 e. The Kier molecular flexibility index (Phi) is 8.49. The third-order valence-electron chi connectivity index (χ3n) is 6.07. The molecule has 2 amide bonds. The van der Waals surface area contributed by atoms with Gasteiger partial charge in [-0.15, -0.1) is 0 Å². The number of rotatable bonds is 5. The molecule has 2 fully saturated rings. The first kappa shape index (κ1) is 26.7. The van der Waals surface area contributed by atoms with Gasteiger partial charge >= 0.3 is 6.09 Å². The smallest absolute Gasteiger partial charge is 0.410 e. The molecule has 1 aromatic rings. The van der Waals surface area contributed by atoms with Crippen molar-refractivity contribution in [3.63, 3.8) is 0 Å². The number of halogens is 1. The lowest BCUT2D eigenvalue weighted by Gasteiger charge is -2.36. The zero-order valence-corrected chi connectivity index (χ0v) is 21.6. The second-order valence-electron chi connectivity index (χ2n) is 9.90. The van der Waals surface area contributed by atoms with Crippen molar-refractivity contribution < 1.29 is 22.7 Å². The van der Waals surface area contributed by atoms with Crippen LogP contribution >= 0.6 is 11.6 Å². The summed E-state index contributed by atoms with van der Waals surface area (Å²) < 4.78 is 33.5. The highest BCUT2D eigenvalue weighted by atomic mass is 35.5. The number of carbonyl (C=O) groups excluding carboxylic acids is 2. The fourth-order valence-corrected chi connectivity index (χ4v) is 6.49. The van der Waals surface area contributed by atoms with Crippen LogP contribution in [0.4, 0.5) is 4.79 Å². The number of ether oxygens (including phenoxy) is 1. The lowest BCUT2D eigenvalue weighted by Crippen LogP contribution is -2.53. The van der Waals surface area contributed by atoms with Crippen molar-refractivity contribution in [2.24, 2.45) is 11.7 Å². The van der Waals surface area contributed by atoms with Crippen LogP contribution in [-0.4, -0.2) is 67.4 Å². The van der Waals surface area contributed by atoms with Gasteiger partial charge in [-0.05, 0) is 58.6 Å². The third-order valence-corrected chi connectivity index (χ3v) is 8.38. The van der Waals surface area contributed by atoms with Crippen LogP contribution in [0, 0.1) is 5.92 Å². The molecule has 2 saturated heterocycles. The number of carbonyl (C=O) groups is 2. The second-order valence-corrected chi connectivity index (χ2v) is 12.2. The fourth-order valence-electron chi connectivity index (χ4n) is 4.40. The maximum Gasteiger partial charge on any atom is 0.410 e. The SMILES string of the molecule is CC(C)(C)OC(=O)N1CCC[C@H](C(=O)N[C@H]2CCCN(S(=O)(=O)c3cccc(Cl)c3CN)C2)C1. The fraction of sp³-hybridized carbons (Fsp3) is 0.652. The van der Waals surface area contributed by atoms with E-state index in [0.717, 1.165) is 0 Å². The number of nitrogens with two attached hydrogens (primary N) is 1. The van der Waals surface area contributed by atoms with Crippen LogP contribution < -0.4 is 11.1 Å². The van der Waals surface area contributed by atoms with E-state index in [1.807, 2.05) is 20.8 Å². The first-order valence-corrected chi connectivity index (χ1v) is 13.5. The third kappa shape index (κ3) is 6.41. The van der Waals surface area contributed by atoms with Crippen molar-refractivity contribution >= 4 is 33.6 Å². The highest BCUT2D eigenvalue weighted by Gasteiger charge is 2.35. The number of sulfonamides is 1. The Morgan fingerprint density at radius 1 is 1.18 bits per heavy atom. The van der Waals surface area contributed by atoms with Gasteiger partial charge in [0.2, 0.25) is 15.9 Å². The van der Waals surface area contributed by atoms with Gasteiger partial charge in [-0.3, -0.25) is 4.79 Å². The predicted octanol–water partition coefficient (Wildman–Crippen LogP) is 2.72. The Morgan fingerprint density at radius 2 is 1.88 bits per heavy atom. The van der Waals surface area contributed by atoms with Crippen LogP contribution in [0.5, 0.6) is 0 Å². The van der Waals surface area contributed by atoms with E-state index in [2.05, 4.69) is 5.32 Å².